The average molecular weight is 1140 g/mol. The summed E-state index contributed by atoms with van der Waals surface area (Å²) in [6.07, 6.45) is 22.3. The lowest BCUT2D eigenvalue weighted by molar-refractivity contribution is -0.112. The Hall–Kier alpha value is -1.96. The van der Waals surface area contributed by atoms with Crippen molar-refractivity contribution in [1.29, 1.82) is 0 Å². The van der Waals surface area contributed by atoms with Gasteiger partial charge in [0.1, 0.15) is 0 Å². The fourth-order valence-electron chi connectivity index (χ4n) is 5.47. The molecule has 0 atom stereocenters. The van der Waals surface area contributed by atoms with Gasteiger partial charge in [0, 0.05) is 60.8 Å². The number of carbonyl (C=O) groups is 10. The predicted octanol–water partition coefficient (Wildman–Crippen LogP) is 16.2. The van der Waals surface area contributed by atoms with E-state index in [1.807, 2.05) is 0 Å². The Morgan fingerprint density at radius 3 is 0.612 bits per heavy atom. The normalized spacial score (nSPS) is 9.94. The molecule has 0 N–H and O–H groups in total. The first-order valence-corrected chi connectivity index (χ1v) is 25.5. The Labute approximate surface area is 444 Å². The Morgan fingerprint density at radius 1 is 0.254 bits per heavy atom. The maximum Gasteiger partial charge on any atom is 0.253 e. The third kappa shape index (κ3) is 51.7. The molecule has 0 saturated heterocycles. The van der Waals surface area contributed by atoms with E-state index in [1.54, 1.807) is 18.2 Å². The maximum absolute atomic E-state index is 10.7. The van der Waals surface area contributed by atoms with Crippen LogP contribution < -0.4 is 0 Å². The molecule has 0 amide bonds. The van der Waals surface area contributed by atoms with Crippen molar-refractivity contribution in [2.75, 3.05) is 0 Å². The van der Waals surface area contributed by atoms with Gasteiger partial charge in [0.05, 0.1) is 0 Å². The van der Waals surface area contributed by atoms with E-state index in [1.165, 1.54) is 56.0 Å². The average Bonchev–Trinajstić information content (AvgIpc) is 3.25. The van der Waals surface area contributed by atoms with Crippen LogP contribution in [0.4, 0.5) is 0 Å². The van der Waals surface area contributed by atoms with Crippen molar-refractivity contribution in [1.82, 2.24) is 0 Å². The van der Waals surface area contributed by atoms with Gasteiger partial charge in [-0.2, -0.15) is 0 Å². The van der Waals surface area contributed by atoms with Gasteiger partial charge in [0.2, 0.25) is 31.5 Å². The van der Waals surface area contributed by atoms with Crippen LogP contribution in [0.1, 0.15) is 202 Å². The number of halogens is 10. The van der Waals surface area contributed by atoms with Gasteiger partial charge in [-0.05, 0) is 173 Å². The van der Waals surface area contributed by atoms with Crippen molar-refractivity contribution in [3.8, 4) is 0 Å². The van der Waals surface area contributed by atoms with Crippen molar-refractivity contribution in [2.45, 2.75) is 161 Å². The first-order valence-electron chi connectivity index (χ1n) is 21.7. The summed E-state index contributed by atoms with van der Waals surface area (Å²) in [7, 11) is 0. The van der Waals surface area contributed by atoms with Gasteiger partial charge in [-0.1, -0.05) is 114 Å². The Bertz CT molecular complexity index is 1680. The van der Waals surface area contributed by atoms with Crippen LogP contribution in [-0.4, -0.2) is 52.4 Å². The number of rotatable bonds is 32. The lowest BCUT2D eigenvalue weighted by Gasteiger charge is -2.00. The van der Waals surface area contributed by atoms with E-state index >= 15 is 0 Å². The van der Waals surface area contributed by atoms with Gasteiger partial charge < -0.3 is 0 Å². The summed E-state index contributed by atoms with van der Waals surface area (Å²) in [6, 6.07) is 12.0. The van der Waals surface area contributed by atoms with Crippen molar-refractivity contribution in [2.24, 2.45) is 0 Å². The summed E-state index contributed by atoms with van der Waals surface area (Å²) in [5.74, 6) is 0. The van der Waals surface area contributed by atoms with Crippen LogP contribution in [0, 0.1) is 0 Å². The standard InChI is InChI=1S/C12H20Cl2O2.C10H16Cl2O2.C9H14Cl2O2.2C8H4Cl2O2/c13-11(15)9-7-5-3-1-2-4-6-8-10-12(14)16;11-9(13)7-5-3-1-2-4-6-8-10(12)14;10-8(12)6-4-2-1-3-5-7-9(11)13;9-7(11)5-2-1-3-6(4-5)8(10)12;9-7(11)5-3-1-2-4-6(5)8(10)12/h1-10H2;1-8H2;1-7H2;2*1-4H. The molecule has 20 heteroatoms. The second kappa shape index (κ2) is 47.7. The molecule has 67 heavy (non-hydrogen) atoms. The third-order valence-corrected chi connectivity index (χ3v) is 10.9. The number of hydrogen-bond donors (Lipinski definition) is 0. The van der Waals surface area contributed by atoms with Gasteiger partial charge in [-0.3, -0.25) is 47.9 Å². The van der Waals surface area contributed by atoms with Crippen LogP contribution in [0.15, 0.2) is 48.5 Å². The molecule has 0 heterocycles. The van der Waals surface area contributed by atoms with Crippen molar-refractivity contribution < 1.29 is 47.9 Å². The van der Waals surface area contributed by atoms with Crippen molar-refractivity contribution in [3.63, 3.8) is 0 Å². The smallest absolute Gasteiger partial charge is 0.253 e. The van der Waals surface area contributed by atoms with Crippen LogP contribution >= 0.6 is 116 Å². The van der Waals surface area contributed by atoms with Gasteiger partial charge in [-0.15, -0.1) is 0 Å². The Kier molecular flexibility index (Phi) is 49.3. The molecule has 0 aliphatic rings. The van der Waals surface area contributed by atoms with Crippen molar-refractivity contribution in [3.05, 3.63) is 70.8 Å². The van der Waals surface area contributed by atoms with Crippen LogP contribution in [-0.2, 0) is 28.8 Å². The molecule has 10 nitrogen and oxygen atoms in total. The Morgan fingerprint density at radius 2 is 0.448 bits per heavy atom. The molecule has 0 bridgehead atoms. The number of benzene rings is 2. The van der Waals surface area contributed by atoms with Gasteiger partial charge >= 0.3 is 0 Å². The molecule has 0 radical (unpaired) electrons. The molecular formula is C47H58Cl10O10. The van der Waals surface area contributed by atoms with E-state index in [4.69, 9.17) is 116 Å². The molecule has 0 fully saturated rings. The monoisotopic (exact) mass is 1130 g/mol. The zero-order valence-electron chi connectivity index (χ0n) is 37.2. The van der Waals surface area contributed by atoms with E-state index < -0.39 is 21.0 Å². The number of hydrogen-bond acceptors (Lipinski definition) is 10. The van der Waals surface area contributed by atoms with Crippen molar-refractivity contribution >= 4 is 168 Å². The molecule has 2 rings (SSSR count). The lowest BCUT2D eigenvalue weighted by atomic mass is 10.1. The molecule has 0 saturated carbocycles. The van der Waals surface area contributed by atoms with Crippen LogP contribution in [0.25, 0.3) is 0 Å². The quantitative estimate of drug-likeness (QED) is 0.0507. The molecular weight excluding hydrogens is 1080 g/mol. The summed E-state index contributed by atoms with van der Waals surface area (Å²) < 4.78 is 0. The number of carbonyl (C=O) groups excluding carboxylic acids is 10. The van der Waals surface area contributed by atoms with Gasteiger partial charge in [-0.25, -0.2) is 0 Å². The lowest BCUT2D eigenvalue weighted by Crippen LogP contribution is -1.99. The maximum atomic E-state index is 10.7. The fraction of sp³-hybridized carbons (Fsp3) is 0.532. The van der Waals surface area contributed by atoms with E-state index in [0.29, 0.717) is 38.5 Å². The predicted molar refractivity (Wildman–Crippen MR) is 274 cm³/mol. The highest BCUT2D eigenvalue weighted by Crippen LogP contribution is 2.15. The van der Waals surface area contributed by atoms with Crippen LogP contribution in [0.5, 0.6) is 0 Å². The van der Waals surface area contributed by atoms with E-state index in [9.17, 15) is 47.9 Å². The minimum atomic E-state index is -0.681. The summed E-state index contributed by atoms with van der Waals surface area (Å²) in [5, 5.41) is -4.07. The molecule has 2 aromatic carbocycles. The first kappa shape index (κ1) is 69.3. The minimum Gasteiger partial charge on any atom is -0.281 e. The molecule has 0 spiro atoms. The minimum absolute atomic E-state index is 0.138. The van der Waals surface area contributed by atoms with Crippen LogP contribution in [0.2, 0.25) is 0 Å². The highest BCUT2D eigenvalue weighted by molar-refractivity contribution is 6.72. The summed E-state index contributed by atoms with van der Waals surface area (Å²) in [6.45, 7) is 0. The van der Waals surface area contributed by atoms with Gasteiger partial charge in [0.25, 0.3) is 21.0 Å². The van der Waals surface area contributed by atoms with E-state index in [2.05, 4.69) is 0 Å². The SMILES string of the molecule is O=C(Cl)CCCCCCCC(=O)Cl.O=C(Cl)CCCCCCCCC(=O)Cl.O=C(Cl)CCCCCCCCCCC(=O)Cl.O=C(Cl)c1cccc(C(=O)Cl)c1.O=C(Cl)c1ccccc1C(=O)Cl. The molecule has 0 aliphatic heterocycles. The van der Waals surface area contributed by atoms with Crippen LogP contribution in [0.3, 0.4) is 0 Å². The Balaban J connectivity index is -0.000000767. The van der Waals surface area contributed by atoms with E-state index in [-0.39, 0.29) is 53.7 Å². The second-order valence-electron chi connectivity index (χ2n) is 14.6. The zero-order valence-corrected chi connectivity index (χ0v) is 44.7. The third-order valence-electron chi connectivity index (χ3n) is 8.91. The highest BCUT2D eigenvalue weighted by Gasteiger charge is 2.12. The second-order valence-corrected chi connectivity index (χ2v) is 18.5. The molecule has 0 aromatic heterocycles. The number of unbranched alkanes of at least 4 members (excludes halogenated alkanes) is 16. The molecule has 376 valence electrons. The molecule has 2 aromatic rings. The summed E-state index contributed by atoms with van der Waals surface area (Å²) in [5.41, 5.74) is 0.810. The summed E-state index contributed by atoms with van der Waals surface area (Å²) >= 11 is 51.9. The first-order chi connectivity index (χ1) is 31.6. The zero-order chi connectivity index (χ0) is 51.4. The van der Waals surface area contributed by atoms with E-state index in [0.717, 1.165) is 96.3 Å². The molecule has 0 aliphatic carbocycles. The highest BCUT2D eigenvalue weighted by atomic mass is 35.5. The summed E-state index contributed by atoms with van der Waals surface area (Å²) in [4.78, 5) is 105. The topological polar surface area (TPSA) is 171 Å². The van der Waals surface area contributed by atoms with Gasteiger partial charge in [0.15, 0.2) is 0 Å². The largest absolute Gasteiger partial charge is 0.281 e. The fourth-order valence-corrected chi connectivity index (χ4v) is 6.84. The molecule has 0 unspecified atom stereocenters.